The Morgan fingerprint density at radius 1 is 1.17 bits per heavy atom. The van der Waals surface area contributed by atoms with E-state index >= 15 is 0 Å². The molecule has 0 unspecified atom stereocenters. The van der Waals surface area contributed by atoms with Gasteiger partial charge in [0, 0.05) is 30.1 Å². The standard InChI is InChI=1S/C26H25ClF2N2O4/c1-26(2,34)13-23(32)31-10-7-17-11-16(3-6-21(17)31)14-30-9-8-22(24(27)25(30)33)35-15-18-4-5-19(28)12-20(18)29/h3-6,8-9,11-12,34H,7,10,13-15H2,1-2H3. The maximum atomic E-state index is 13.8. The Morgan fingerprint density at radius 3 is 2.66 bits per heavy atom. The lowest BCUT2D eigenvalue weighted by molar-refractivity contribution is -0.122. The number of nitrogens with zero attached hydrogens (tertiary/aromatic N) is 2. The van der Waals surface area contributed by atoms with Crippen molar-refractivity contribution in [3.63, 3.8) is 0 Å². The van der Waals surface area contributed by atoms with E-state index in [0.717, 1.165) is 28.9 Å². The van der Waals surface area contributed by atoms with Gasteiger partial charge < -0.3 is 19.3 Å². The van der Waals surface area contributed by atoms with Crippen LogP contribution in [0.4, 0.5) is 14.5 Å². The first-order chi connectivity index (χ1) is 16.5. The number of pyridine rings is 1. The summed E-state index contributed by atoms with van der Waals surface area (Å²) in [5.41, 5.74) is 1.26. The average molecular weight is 503 g/mol. The number of carbonyl (C=O) groups excluding carboxylic acids is 1. The summed E-state index contributed by atoms with van der Waals surface area (Å²) >= 11 is 6.22. The van der Waals surface area contributed by atoms with Gasteiger partial charge >= 0.3 is 0 Å². The highest BCUT2D eigenvalue weighted by Gasteiger charge is 2.28. The smallest absolute Gasteiger partial charge is 0.273 e. The second-order valence-electron chi connectivity index (χ2n) is 9.20. The zero-order valence-electron chi connectivity index (χ0n) is 19.4. The van der Waals surface area contributed by atoms with Crippen LogP contribution in [0.1, 0.15) is 37.0 Å². The number of anilines is 1. The van der Waals surface area contributed by atoms with Crippen LogP contribution in [0.25, 0.3) is 0 Å². The van der Waals surface area contributed by atoms with Crippen molar-refractivity contribution in [3.8, 4) is 5.75 Å². The fraction of sp³-hybridized carbons (Fsp3) is 0.308. The number of aromatic nitrogens is 1. The third-order valence-corrected chi connectivity index (χ3v) is 6.09. The Balaban J connectivity index is 1.47. The number of hydrogen-bond acceptors (Lipinski definition) is 4. The first-order valence-corrected chi connectivity index (χ1v) is 11.5. The number of benzene rings is 2. The van der Waals surface area contributed by atoms with E-state index < -0.39 is 22.8 Å². The summed E-state index contributed by atoms with van der Waals surface area (Å²) in [4.78, 5) is 27.0. The minimum atomic E-state index is -1.08. The molecule has 6 nitrogen and oxygen atoms in total. The Labute approximate surface area is 206 Å². The zero-order chi connectivity index (χ0) is 25.3. The Bertz CT molecular complexity index is 1330. The molecule has 4 rings (SSSR count). The van der Waals surface area contributed by atoms with E-state index in [1.807, 2.05) is 18.2 Å². The first-order valence-electron chi connectivity index (χ1n) is 11.1. The van der Waals surface area contributed by atoms with Crippen molar-refractivity contribution < 1.29 is 23.4 Å². The van der Waals surface area contributed by atoms with Gasteiger partial charge in [-0.05, 0) is 55.7 Å². The van der Waals surface area contributed by atoms with Gasteiger partial charge in [0.2, 0.25) is 5.91 Å². The average Bonchev–Trinajstić information content (AvgIpc) is 3.20. The Morgan fingerprint density at radius 2 is 1.94 bits per heavy atom. The fourth-order valence-corrected chi connectivity index (χ4v) is 4.26. The Kier molecular flexibility index (Phi) is 6.96. The number of fused-ring (bicyclic) bond motifs is 1. The van der Waals surface area contributed by atoms with Crippen molar-refractivity contribution in [1.82, 2.24) is 4.57 Å². The highest BCUT2D eigenvalue weighted by atomic mass is 35.5. The van der Waals surface area contributed by atoms with E-state index in [4.69, 9.17) is 16.3 Å². The van der Waals surface area contributed by atoms with E-state index in [0.29, 0.717) is 13.0 Å². The maximum Gasteiger partial charge on any atom is 0.273 e. The fourth-order valence-electron chi connectivity index (χ4n) is 4.03. The molecule has 0 spiro atoms. The molecule has 0 atom stereocenters. The van der Waals surface area contributed by atoms with Crippen molar-refractivity contribution in [2.24, 2.45) is 0 Å². The van der Waals surface area contributed by atoms with Crippen LogP contribution in [-0.2, 0) is 24.4 Å². The van der Waals surface area contributed by atoms with E-state index in [1.54, 1.807) is 18.7 Å². The number of halogens is 3. The molecule has 1 aromatic heterocycles. The van der Waals surface area contributed by atoms with Gasteiger partial charge in [-0.15, -0.1) is 0 Å². The molecule has 0 radical (unpaired) electrons. The highest BCUT2D eigenvalue weighted by molar-refractivity contribution is 6.31. The molecule has 0 aliphatic carbocycles. The molecule has 1 aliphatic heterocycles. The molecular formula is C26H25ClF2N2O4. The molecule has 1 amide bonds. The van der Waals surface area contributed by atoms with Crippen molar-refractivity contribution >= 4 is 23.2 Å². The minimum Gasteiger partial charge on any atom is -0.487 e. The lowest BCUT2D eigenvalue weighted by Gasteiger charge is -2.22. The molecule has 2 aromatic carbocycles. The largest absolute Gasteiger partial charge is 0.487 e. The van der Waals surface area contributed by atoms with Gasteiger partial charge in [-0.25, -0.2) is 8.78 Å². The molecule has 2 heterocycles. The summed E-state index contributed by atoms with van der Waals surface area (Å²) in [7, 11) is 0. The molecule has 35 heavy (non-hydrogen) atoms. The second-order valence-corrected chi connectivity index (χ2v) is 9.58. The molecule has 9 heteroatoms. The second kappa shape index (κ2) is 9.79. The number of amides is 1. The molecular weight excluding hydrogens is 478 g/mol. The van der Waals surface area contributed by atoms with Crippen LogP contribution in [0, 0.1) is 11.6 Å². The normalized spacial score (nSPS) is 13.1. The van der Waals surface area contributed by atoms with Gasteiger partial charge in [0.05, 0.1) is 18.6 Å². The zero-order valence-corrected chi connectivity index (χ0v) is 20.1. The molecule has 0 fully saturated rings. The summed E-state index contributed by atoms with van der Waals surface area (Å²) < 4.78 is 33.8. The lowest BCUT2D eigenvalue weighted by atomic mass is 10.0. The number of hydrogen-bond donors (Lipinski definition) is 1. The van der Waals surface area contributed by atoms with Crippen LogP contribution in [-0.4, -0.2) is 27.7 Å². The summed E-state index contributed by atoms with van der Waals surface area (Å²) in [5, 5.41) is 9.82. The molecule has 0 saturated carbocycles. The van der Waals surface area contributed by atoms with Gasteiger partial charge in [0.1, 0.15) is 29.0 Å². The predicted octanol–water partition coefficient (Wildman–Crippen LogP) is 4.46. The van der Waals surface area contributed by atoms with Gasteiger partial charge in [0.25, 0.3) is 5.56 Å². The number of rotatable bonds is 7. The number of aliphatic hydroxyl groups is 1. The lowest BCUT2D eigenvalue weighted by Crippen LogP contribution is -2.35. The SMILES string of the molecule is CC(C)(O)CC(=O)N1CCc2cc(Cn3ccc(OCc4ccc(F)cc4F)c(Cl)c3=O)ccc21. The summed E-state index contributed by atoms with van der Waals surface area (Å²) in [6.07, 6.45) is 2.25. The third-order valence-electron chi connectivity index (χ3n) is 5.75. The van der Waals surface area contributed by atoms with Crippen molar-refractivity contribution in [1.29, 1.82) is 0 Å². The first kappa shape index (κ1) is 24.9. The quantitative estimate of drug-likeness (QED) is 0.518. The van der Waals surface area contributed by atoms with Crippen LogP contribution in [0.5, 0.6) is 5.75 Å². The van der Waals surface area contributed by atoms with Crippen molar-refractivity contribution in [2.45, 2.75) is 45.4 Å². The van der Waals surface area contributed by atoms with E-state index in [9.17, 15) is 23.5 Å². The molecule has 1 aliphatic rings. The number of carbonyl (C=O) groups is 1. The van der Waals surface area contributed by atoms with Gasteiger partial charge in [-0.3, -0.25) is 9.59 Å². The monoisotopic (exact) mass is 502 g/mol. The van der Waals surface area contributed by atoms with Crippen molar-refractivity contribution in [3.05, 3.63) is 92.4 Å². The minimum absolute atomic E-state index is 0.0320. The molecule has 184 valence electrons. The van der Waals surface area contributed by atoms with Crippen molar-refractivity contribution in [2.75, 3.05) is 11.4 Å². The van der Waals surface area contributed by atoms with Gasteiger partial charge in [-0.2, -0.15) is 0 Å². The highest BCUT2D eigenvalue weighted by Crippen LogP contribution is 2.31. The molecule has 1 N–H and O–H groups in total. The summed E-state index contributed by atoms with van der Waals surface area (Å²) in [6.45, 7) is 3.80. The van der Waals surface area contributed by atoms with Crippen LogP contribution in [0.3, 0.4) is 0 Å². The van der Waals surface area contributed by atoms with Crippen LogP contribution < -0.4 is 15.2 Å². The summed E-state index contributed by atoms with van der Waals surface area (Å²) in [5.74, 6) is -1.46. The summed E-state index contributed by atoms with van der Waals surface area (Å²) in [6, 6.07) is 10.3. The van der Waals surface area contributed by atoms with Gasteiger partial charge in [-0.1, -0.05) is 23.7 Å². The van der Waals surface area contributed by atoms with Crippen LogP contribution in [0.15, 0.2) is 53.5 Å². The maximum absolute atomic E-state index is 13.8. The molecule has 0 saturated heterocycles. The van der Waals surface area contributed by atoms with E-state index in [-0.39, 0.29) is 41.8 Å². The van der Waals surface area contributed by atoms with Crippen LogP contribution in [0.2, 0.25) is 5.02 Å². The van der Waals surface area contributed by atoms with E-state index in [2.05, 4.69) is 0 Å². The number of ether oxygens (including phenoxy) is 1. The predicted molar refractivity (Wildman–Crippen MR) is 129 cm³/mol. The van der Waals surface area contributed by atoms with Gasteiger partial charge in [0.15, 0.2) is 0 Å². The molecule has 3 aromatic rings. The topological polar surface area (TPSA) is 71.8 Å². The Hall–Kier alpha value is -3.23. The van der Waals surface area contributed by atoms with Crippen LogP contribution >= 0.6 is 11.6 Å². The van der Waals surface area contributed by atoms with E-state index in [1.165, 1.54) is 22.9 Å². The third kappa shape index (κ3) is 5.71. The molecule has 0 bridgehead atoms.